The highest BCUT2D eigenvalue weighted by Gasteiger charge is 1.93. The Kier molecular flexibility index (Phi) is 1.07. The third-order valence-electron chi connectivity index (χ3n) is 1.25. The normalized spacial score (nSPS) is 10.4. The zero-order valence-electron chi connectivity index (χ0n) is 5.00. The van der Waals surface area contributed by atoms with Gasteiger partial charge in [0.1, 0.15) is 4.83 Å². The molecule has 10 heavy (non-hydrogen) atoms. The number of fused-ring (bicyclic) bond motifs is 1. The van der Waals surface area contributed by atoms with Gasteiger partial charge in [0.25, 0.3) is 0 Å². The molecule has 0 fully saturated rings. The van der Waals surface area contributed by atoms with E-state index in [4.69, 9.17) is 0 Å². The molecule has 0 aliphatic rings. The largest absolute Gasteiger partial charge is 0.312 e. The summed E-state index contributed by atoms with van der Waals surface area (Å²) in [6.45, 7) is 0. The molecule has 2 aromatic rings. The van der Waals surface area contributed by atoms with E-state index in [-0.39, 0.29) is 5.56 Å². The minimum absolute atomic E-state index is 0.0725. The Morgan fingerprint density at radius 1 is 1.50 bits per heavy atom. The van der Waals surface area contributed by atoms with E-state index in [0.717, 1.165) is 10.2 Å². The second kappa shape index (κ2) is 1.91. The Labute approximate surface area is 60.5 Å². The molecule has 0 bridgehead atoms. The van der Waals surface area contributed by atoms with Crippen LogP contribution in [0.2, 0.25) is 0 Å². The van der Waals surface area contributed by atoms with Crippen molar-refractivity contribution in [2.75, 3.05) is 0 Å². The molecule has 2 rings (SSSR count). The molecular formula is C6H4N2OS. The van der Waals surface area contributed by atoms with Gasteiger partial charge in [-0.25, -0.2) is 0 Å². The van der Waals surface area contributed by atoms with Crippen LogP contribution in [-0.2, 0) is 0 Å². The van der Waals surface area contributed by atoms with E-state index in [1.165, 1.54) is 17.6 Å². The Morgan fingerprint density at radius 2 is 2.40 bits per heavy atom. The highest BCUT2D eigenvalue weighted by Crippen LogP contribution is 2.11. The number of rotatable bonds is 0. The summed E-state index contributed by atoms with van der Waals surface area (Å²) in [7, 11) is 0. The Balaban J connectivity index is 2.99. The van der Waals surface area contributed by atoms with Crippen LogP contribution < -0.4 is 5.56 Å². The van der Waals surface area contributed by atoms with Crippen LogP contribution in [0.25, 0.3) is 10.2 Å². The van der Waals surface area contributed by atoms with E-state index < -0.39 is 0 Å². The van der Waals surface area contributed by atoms with Gasteiger partial charge in [-0.2, -0.15) is 4.37 Å². The molecule has 0 aromatic carbocycles. The lowest BCUT2D eigenvalue weighted by Gasteiger charge is -1.82. The summed E-state index contributed by atoms with van der Waals surface area (Å²) < 4.78 is 3.91. The Bertz CT molecular complexity index is 403. The number of H-pyrrole nitrogens is 1. The molecule has 0 atom stereocenters. The zero-order valence-corrected chi connectivity index (χ0v) is 5.81. The van der Waals surface area contributed by atoms with Gasteiger partial charge in [-0.15, -0.1) is 0 Å². The van der Waals surface area contributed by atoms with Crippen LogP contribution in [0.4, 0.5) is 0 Å². The van der Waals surface area contributed by atoms with E-state index in [0.29, 0.717) is 0 Å². The summed E-state index contributed by atoms with van der Waals surface area (Å²) in [4.78, 5) is 14.2. The molecule has 0 radical (unpaired) electrons. The van der Waals surface area contributed by atoms with Crippen molar-refractivity contribution in [3.63, 3.8) is 0 Å². The van der Waals surface area contributed by atoms with Crippen LogP contribution in [-0.4, -0.2) is 9.36 Å². The second-order valence-electron chi connectivity index (χ2n) is 1.93. The summed E-state index contributed by atoms with van der Waals surface area (Å²) >= 11 is 1.30. The first-order chi connectivity index (χ1) is 4.86. The molecule has 2 aromatic heterocycles. The van der Waals surface area contributed by atoms with Gasteiger partial charge < -0.3 is 4.98 Å². The summed E-state index contributed by atoms with van der Waals surface area (Å²) in [6.07, 6.45) is 1.73. The molecule has 0 spiro atoms. The third kappa shape index (κ3) is 0.733. The van der Waals surface area contributed by atoms with Gasteiger partial charge in [-0.3, -0.25) is 4.79 Å². The van der Waals surface area contributed by atoms with E-state index >= 15 is 0 Å². The number of aromatic amines is 1. The van der Waals surface area contributed by atoms with Crippen molar-refractivity contribution in [2.24, 2.45) is 0 Å². The summed E-state index contributed by atoms with van der Waals surface area (Å²) in [6, 6.07) is 3.26. The van der Waals surface area contributed by atoms with Crippen molar-refractivity contribution >= 4 is 21.7 Å². The number of nitrogens with one attached hydrogen (secondary N) is 1. The van der Waals surface area contributed by atoms with Gasteiger partial charge in [0, 0.05) is 11.5 Å². The highest BCUT2D eigenvalue weighted by atomic mass is 32.1. The molecule has 1 N–H and O–H groups in total. The lowest BCUT2D eigenvalue weighted by Crippen LogP contribution is -2.00. The maximum absolute atomic E-state index is 10.7. The highest BCUT2D eigenvalue weighted by molar-refractivity contribution is 7.12. The number of nitrogens with zero attached hydrogens (tertiary/aromatic N) is 1. The minimum Gasteiger partial charge on any atom is -0.312 e. The van der Waals surface area contributed by atoms with Crippen LogP contribution in [0.15, 0.2) is 23.1 Å². The molecular weight excluding hydrogens is 148 g/mol. The lowest BCUT2D eigenvalue weighted by atomic mass is 10.4. The molecule has 0 aliphatic carbocycles. The van der Waals surface area contributed by atoms with Crippen molar-refractivity contribution < 1.29 is 0 Å². The van der Waals surface area contributed by atoms with Crippen molar-refractivity contribution in [2.45, 2.75) is 0 Å². The van der Waals surface area contributed by atoms with Gasteiger partial charge >= 0.3 is 0 Å². The summed E-state index contributed by atoms with van der Waals surface area (Å²) in [5.74, 6) is 0. The van der Waals surface area contributed by atoms with Gasteiger partial charge in [0.15, 0.2) is 0 Å². The average molecular weight is 152 g/mol. The van der Waals surface area contributed by atoms with Gasteiger partial charge in [-0.05, 0) is 17.6 Å². The van der Waals surface area contributed by atoms with Crippen LogP contribution in [0.5, 0.6) is 0 Å². The van der Waals surface area contributed by atoms with E-state index in [1.54, 1.807) is 12.3 Å². The number of hydrogen-bond donors (Lipinski definition) is 1. The molecule has 4 heteroatoms. The van der Waals surface area contributed by atoms with E-state index in [9.17, 15) is 4.79 Å². The zero-order chi connectivity index (χ0) is 6.97. The third-order valence-corrected chi connectivity index (χ3v) is 1.98. The van der Waals surface area contributed by atoms with Crippen LogP contribution >= 0.6 is 11.5 Å². The van der Waals surface area contributed by atoms with E-state index in [1.807, 2.05) is 0 Å². The second-order valence-corrected chi connectivity index (χ2v) is 2.73. The maximum Gasteiger partial charge on any atom is 0.249 e. The average Bonchev–Trinajstić information content (AvgIpc) is 2.33. The lowest BCUT2D eigenvalue weighted by molar-refractivity contribution is 1.33. The predicted molar refractivity (Wildman–Crippen MR) is 40.2 cm³/mol. The Hall–Kier alpha value is -1.16. The number of aromatic nitrogens is 2. The molecule has 0 saturated heterocycles. The summed E-state index contributed by atoms with van der Waals surface area (Å²) in [5.41, 5.74) is -0.0725. The maximum atomic E-state index is 10.7. The smallest absolute Gasteiger partial charge is 0.249 e. The Morgan fingerprint density at radius 3 is 3.30 bits per heavy atom. The van der Waals surface area contributed by atoms with Crippen molar-refractivity contribution in [1.82, 2.24) is 9.36 Å². The standard InChI is InChI=1S/C6H4N2OS/c9-5-2-1-4-3-7-10-6(4)8-5/h1-3H,(H,8,9). The van der Waals surface area contributed by atoms with Crippen molar-refractivity contribution in [3.05, 3.63) is 28.7 Å². The molecule has 0 amide bonds. The predicted octanol–water partition coefficient (Wildman–Crippen LogP) is 0.985. The molecule has 0 unspecified atom stereocenters. The summed E-state index contributed by atoms with van der Waals surface area (Å²) in [5, 5.41) is 0.990. The van der Waals surface area contributed by atoms with Crippen LogP contribution in [0.3, 0.4) is 0 Å². The first-order valence-electron chi connectivity index (χ1n) is 2.80. The topological polar surface area (TPSA) is 45.8 Å². The molecule has 50 valence electrons. The van der Waals surface area contributed by atoms with Crippen molar-refractivity contribution in [3.8, 4) is 0 Å². The SMILES string of the molecule is O=c1ccc2cnsc2[nH]1. The molecule has 0 aliphatic heterocycles. The van der Waals surface area contributed by atoms with E-state index in [2.05, 4.69) is 9.36 Å². The minimum atomic E-state index is -0.0725. The molecule has 2 heterocycles. The fraction of sp³-hybridized carbons (Fsp3) is 0. The fourth-order valence-electron chi connectivity index (χ4n) is 0.780. The van der Waals surface area contributed by atoms with Crippen LogP contribution in [0.1, 0.15) is 0 Å². The first-order valence-corrected chi connectivity index (χ1v) is 3.57. The molecule has 0 saturated carbocycles. The molecule has 3 nitrogen and oxygen atoms in total. The number of pyridine rings is 1. The van der Waals surface area contributed by atoms with Crippen molar-refractivity contribution in [1.29, 1.82) is 0 Å². The first kappa shape index (κ1) is 5.61. The van der Waals surface area contributed by atoms with Gasteiger partial charge in [-0.1, -0.05) is 0 Å². The van der Waals surface area contributed by atoms with Gasteiger partial charge in [0.05, 0.1) is 6.20 Å². The number of hydrogen-bond acceptors (Lipinski definition) is 3. The monoisotopic (exact) mass is 152 g/mol. The van der Waals surface area contributed by atoms with Gasteiger partial charge in [0.2, 0.25) is 5.56 Å². The fourth-order valence-corrected chi connectivity index (χ4v) is 1.42. The van der Waals surface area contributed by atoms with Crippen LogP contribution in [0, 0.1) is 0 Å². The quantitative estimate of drug-likeness (QED) is 0.611.